The van der Waals surface area contributed by atoms with E-state index in [4.69, 9.17) is 0 Å². The summed E-state index contributed by atoms with van der Waals surface area (Å²) >= 11 is 3.62. The number of halogens is 1. The second-order valence-electron chi connectivity index (χ2n) is 6.02. The van der Waals surface area contributed by atoms with Gasteiger partial charge in [-0.3, -0.25) is 0 Å². The van der Waals surface area contributed by atoms with Crippen molar-refractivity contribution in [3.63, 3.8) is 0 Å². The number of benzene rings is 3. The molecule has 0 unspecified atom stereocenters. The third kappa shape index (κ3) is 1.47. The monoisotopic (exact) mass is 322 g/mol. The van der Waals surface area contributed by atoms with Gasteiger partial charge in [0.2, 0.25) is 0 Å². The summed E-state index contributed by atoms with van der Waals surface area (Å²) in [6, 6.07) is 19.9. The Morgan fingerprint density at radius 3 is 2.35 bits per heavy atom. The molecule has 1 aliphatic carbocycles. The second-order valence-corrected chi connectivity index (χ2v) is 6.94. The second kappa shape index (κ2) is 3.95. The molecule has 0 aromatic heterocycles. The summed E-state index contributed by atoms with van der Waals surface area (Å²) in [5.74, 6) is 0. The largest absolute Gasteiger partial charge is 0.0613 e. The van der Waals surface area contributed by atoms with Crippen molar-refractivity contribution in [2.75, 3.05) is 0 Å². The molecule has 4 rings (SSSR count). The molecule has 0 fully saturated rings. The molecule has 0 amide bonds. The molecule has 1 aliphatic rings. The van der Waals surface area contributed by atoms with Gasteiger partial charge in [0.15, 0.2) is 0 Å². The van der Waals surface area contributed by atoms with Crippen LogP contribution in [-0.4, -0.2) is 0 Å². The molecule has 0 atom stereocenters. The topological polar surface area (TPSA) is 0 Å². The zero-order chi connectivity index (χ0) is 13.9. The van der Waals surface area contributed by atoms with Crippen molar-refractivity contribution < 1.29 is 0 Å². The average molecular weight is 323 g/mol. The normalized spacial score (nSPS) is 15.2. The molecule has 3 aromatic rings. The number of fused-ring (bicyclic) bond motifs is 2. The maximum absolute atomic E-state index is 3.62. The third-order valence-electron chi connectivity index (χ3n) is 4.52. The molecule has 0 nitrogen and oxygen atoms in total. The summed E-state index contributed by atoms with van der Waals surface area (Å²) in [6.45, 7) is 4.64. The van der Waals surface area contributed by atoms with Crippen molar-refractivity contribution in [3.8, 4) is 11.1 Å². The van der Waals surface area contributed by atoms with Gasteiger partial charge >= 0.3 is 0 Å². The highest BCUT2D eigenvalue weighted by Gasteiger charge is 2.33. The van der Waals surface area contributed by atoms with Crippen molar-refractivity contribution in [2.45, 2.75) is 19.3 Å². The zero-order valence-electron chi connectivity index (χ0n) is 11.6. The SMILES string of the molecule is CC1(C)c2cc(Br)ccc2-c2cccc3cccc1c23. The van der Waals surface area contributed by atoms with Gasteiger partial charge in [-0.05, 0) is 45.2 Å². The van der Waals surface area contributed by atoms with Crippen molar-refractivity contribution >= 4 is 26.7 Å². The van der Waals surface area contributed by atoms with E-state index in [2.05, 4.69) is 84.4 Å². The van der Waals surface area contributed by atoms with E-state index in [0.717, 1.165) is 4.47 Å². The van der Waals surface area contributed by atoms with Gasteiger partial charge in [-0.1, -0.05) is 72.2 Å². The Morgan fingerprint density at radius 2 is 1.55 bits per heavy atom. The lowest BCUT2D eigenvalue weighted by Crippen LogP contribution is -2.23. The maximum Gasteiger partial charge on any atom is 0.0178 e. The van der Waals surface area contributed by atoms with Crippen LogP contribution < -0.4 is 0 Å². The Morgan fingerprint density at radius 1 is 0.800 bits per heavy atom. The fraction of sp³-hybridized carbons (Fsp3) is 0.158. The first kappa shape index (κ1) is 12.2. The number of hydrogen-bond acceptors (Lipinski definition) is 0. The minimum atomic E-state index is 0.0347. The smallest absolute Gasteiger partial charge is 0.0178 e. The molecule has 3 aromatic carbocycles. The van der Waals surface area contributed by atoms with Crippen LogP contribution in [0.15, 0.2) is 59.1 Å². The van der Waals surface area contributed by atoms with Crippen molar-refractivity contribution in [2.24, 2.45) is 0 Å². The molecule has 20 heavy (non-hydrogen) atoms. The van der Waals surface area contributed by atoms with Crippen LogP contribution in [-0.2, 0) is 5.41 Å². The summed E-state index contributed by atoms with van der Waals surface area (Å²) in [5, 5.41) is 2.75. The molecule has 1 heteroatoms. The summed E-state index contributed by atoms with van der Waals surface area (Å²) in [7, 11) is 0. The Bertz CT molecular complexity index is 838. The first-order chi connectivity index (χ1) is 9.59. The lowest BCUT2D eigenvalue weighted by molar-refractivity contribution is 0.645. The molecular weight excluding hydrogens is 308 g/mol. The van der Waals surface area contributed by atoms with E-state index in [1.54, 1.807) is 0 Å². The van der Waals surface area contributed by atoms with Crippen LogP contribution in [0.3, 0.4) is 0 Å². The minimum absolute atomic E-state index is 0.0347. The molecule has 0 heterocycles. The van der Waals surface area contributed by atoms with E-state index in [-0.39, 0.29) is 5.41 Å². The molecule has 0 saturated heterocycles. The molecule has 0 N–H and O–H groups in total. The highest BCUT2D eigenvalue weighted by molar-refractivity contribution is 9.10. The van der Waals surface area contributed by atoms with Crippen LogP contribution in [0.5, 0.6) is 0 Å². The van der Waals surface area contributed by atoms with E-state index >= 15 is 0 Å². The average Bonchev–Trinajstić information content (AvgIpc) is 2.45. The van der Waals surface area contributed by atoms with Gasteiger partial charge in [0.1, 0.15) is 0 Å². The van der Waals surface area contributed by atoms with Crippen LogP contribution in [0, 0.1) is 0 Å². The van der Waals surface area contributed by atoms with E-state index in [1.165, 1.54) is 33.0 Å². The number of hydrogen-bond donors (Lipinski definition) is 0. The highest BCUT2D eigenvalue weighted by atomic mass is 79.9. The van der Waals surface area contributed by atoms with Crippen LogP contribution in [0.25, 0.3) is 21.9 Å². The Hall–Kier alpha value is -1.60. The fourth-order valence-electron chi connectivity index (χ4n) is 3.50. The van der Waals surface area contributed by atoms with E-state index < -0.39 is 0 Å². The van der Waals surface area contributed by atoms with Crippen molar-refractivity contribution in [1.29, 1.82) is 0 Å². The summed E-state index contributed by atoms with van der Waals surface area (Å²) < 4.78 is 1.15. The summed E-state index contributed by atoms with van der Waals surface area (Å²) in [5.41, 5.74) is 5.59. The van der Waals surface area contributed by atoms with E-state index in [9.17, 15) is 0 Å². The standard InChI is InChI=1S/C19H15Br/c1-19(2)16-8-4-6-12-5-3-7-15(18(12)16)14-10-9-13(20)11-17(14)19/h3-11H,1-2H3. The van der Waals surface area contributed by atoms with Crippen LogP contribution >= 0.6 is 15.9 Å². The molecule has 0 saturated carbocycles. The van der Waals surface area contributed by atoms with Gasteiger partial charge in [-0.2, -0.15) is 0 Å². The molecule has 0 bridgehead atoms. The molecule has 0 spiro atoms. The first-order valence-corrected chi connectivity index (χ1v) is 7.71. The molecule has 0 aliphatic heterocycles. The number of rotatable bonds is 0. The Balaban J connectivity index is 2.25. The van der Waals surface area contributed by atoms with Gasteiger partial charge in [-0.15, -0.1) is 0 Å². The quantitative estimate of drug-likeness (QED) is 0.482. The third-order valence-corrected chi connectivity index (χ3v) is 5.02. The summed E-state index contributed by atoms with van der Waals surface area (Å²) in [6.07, 6.45) is 0. The maximum atomic E-state index is 3.62. The zero-order valence-corrected chi connectivity index (χ0v) is 13.2. The van der Waals surface area contributed by atoms with Gasteiger partial charge in [0.05, 0.1) is 0 Å². The minimum Gasteiger partial charge on any atom is -0.0613 e. The van der Waals surface area contributed by atoms with Crippen molar-refractivity contribution in [1.82, 2.24) is 0 Å². The molecular formula is C19H15Br. The van der Waals surface area contributed by atoms with Gasteiger partial charge in [-0.25, -0.2) is 0 Å². The first-order valence-electron chi connectivity index (χ1n) is 6.92. The predicted octanol–water partition coefficient (Wildman–Crippen LogP) is 5.91. The lowest BCUT2D eigenvalue weighted by atomic mass is 9.68. The van der Waals surface area contributed by atoms with Gasteiger partial charge in [0.25, 0.3) is 0 Å². The lowest BCUT2D eigenvalue weighted by Gasteiger charge is -2.35. The van der Waals surface area contributed by atoms with Crippen LogP contribution in [0.4, 0.5) is 0 Å². The van der Waals surface area contributed by atoms with Crippen molar-refractivity contribution in [3.05, 3.63) is 70.2 Å². The van der Waals surface area contributed by atoms with E-state index in [1.807, 2.05) is 0 Å². The Kier molecular flexibility index (Phi) is 2.41. The Labute approximate surface area is 127 Å². The molecule has 98 valence electrons. The predicted molar refractivity (Wildman–Crippen MR) is 89.2 cm³/mol. The van der Waals surface area contributed by atoms with Crippen LogP contribution in [0.1, 0.15) is 25.0 Å². The summed E-state index contributed by atoms with van der Waals surface area (Å²) in [4.78, 5) is 0. The molecule has 0 radical (unpaired) electrons. The fourth-order valence-corrected chi connectivity index (χ4v) is 3.86. The van der Waals surface area contributed by atoms with Gasteiger partial charge in [0, 0.05) is 9.89 Å². The van der Waals surface area contributed by atoms with E-state index in [0.29, 0.717) is 0 Å². The van der Waals surface area contributed by atoms with Gasteiger partial charge < -0.3 is 0 Å². The highest BCUT2D eigenvalue weighted by Crippen LogP contribution is 2.48. The van der Waals surface area contributed by atoms with Crippen LogP contribution in [0.2, 0.25) is 0 Å².